The molecule has 2 atom stereocenters. The molecule has 2 unspecified atom stereocenters. The third kappa shape index (κ3) is 6.31. The van der Waals surface area contributed by atoms with Gasteiger partial charge in [-0.25, -0.2) is 0 Å². The summed E-state index contributed by atoms with van der Waals surface area (Å²) in [6.07, 6.45) is 4.95. The summed E-state index contributed by atoms with van der Waals surface area (Å²) in [6.45, 7) is 7.53. The van der Waals surface area contributed by atoms with Crippen molar-refractivity contribution in [1.82, 2.24) is 10.2 Å². The molecule has 166 valence electrons. The highest BCUT2D eigenvalue weighted by Gasteiger charge is 2.18. The fourth-order valence-electron chi connectivity index (χ4n) is 4.50. The molecular weight excluding hydrogens is 388 g/mol. The lowest BCUT2D eigenvalue weighted by Crippen LogP contribution is -2.34. The Labute approximate surface area is 185 Å². The Morgan fingerprint density at radius 1 is 1.10 bits per heavy atom. The van der Waals surface area contributed by atoms with E-state index in [0.29, 0.717) is 18.7 Å². The van der Waals surface area contributed by atoms with E-state index in [1.807, 2.05) is 30.3 Å². The van der Waals surface area contributed by atoms with E-state index in [0.717, 1.165) is 50.8 Å². The van der Waals surface area contributed by atoms with E-state index in [-0.39, 0.29) is 12.0 Å². The summed E-state index contributed by atoms with van der Waals surface area (Å²) >= 11 is 0. The van der Waals surface area contributed by atoms with Crippen LogP contribution in [0, 0.1) is 5.92 Å². The Balaban J connectivity index is 1.29. The van der Waals surface area contributed by atoms with Crippen molar-refractivity contribution in [3.63, 3.8) is 0 Å². The first-order valence-electron chi connectivity index (χ1n) is 11.6. The smallest absolute Gasteiger partial charge is 0.251 e. The van der Waals surface area contributed by atoms with Crippen LogP contribution in [0.1, 0.15) is 54.1 Å². The number of rotatable bonds is 8. The molecule has 5 heteroatoms. The normalized spacial score (nSPS) is 21.7. The van der Waals surface area contributed by atoms with Gasteiger partial charge in [0.1, 0.15) is 12.4 Å². The number of benzene rings is 2. The van der Waals surface area contributed by atoms with Crippen LogP contribution in [-0.2, 0) is 17.8 Å². The Bertz CT molecular complexity index is 846. The van der Waals surface area contributed by atoms with E-state index in [2.05, 4.69) is 35.3 Å². The topological polar surface area (TPSA) is 50.8 Å². The van der Waals surface area contributed by atoms with Crippen LogP contribution in [0.25, 0.3) is 0 Å². The number of carbonyl (C=O) groups excluding carboxylic acids is 1. The van der Waals surface area contributed by atoms with Gasteiger partial charge in [0.25, 0.3) is 5.91 Å². The number of amides is 1. The molecular formula is C26H34N2O3. The van der Waals surface area contributed by atoms with Crippen molar-refractivity contribution >= 4 is 5.91 Å². The Hall–Kier alpha value is -2.37. The van der Waals surface area contributed by atoms with E-state index in [1.54, 1.807) is 0 Å². The molecule has 0 aliphatic carbocycles. The molecule has 2 aromatic rings. The molecule has 2 saturated heterocycles. The maximum atomic E-state index is 12.7. The van der Waals surface area contributed by atoms with Crippen molar-refractivity contribution in [2.75, 3.05) is 26.3 Å². The highest BCUT2D eigenvalue weighted by molar-refractivity contribution is 5.94. The molecule has 0 spiro atoms. The molecule has 1 N–H and O–H groups in total. The summed E-state index contributed by atoms with van der Waals surface area (Å²) in [5.41, 5.74) is 3.13. The number of ether oxygens (including phenoxy) is 2. The fraction of sp³-hybridized carbons (Fsp3) is 0.500. The monoisotopic (exact) mass is 422 g/mol. The number of likely N-dealkylation sites (tertiary alicyclic amines) is 1. The maximum absolute atomic E-state index is 12.7. The predicted molar refractivity (Wildman–Crippen MR) is 122 cm³/mol. The zero-order chi connectivity index (χ0) is 21.5. The van der Waals surface area contributed by atoms with Crippen LogP contribution in [-0.4, -0.2) is 43.2 Å². The first kappa shape index (κ1) is 21.8. The van der Waals surface area contributed by atoms with Crippen molar-refractivity contribution in [2.24, 2.45) is 5.92 Å². The van der Waals surface area contributed by atoms with Crippen LogP contribution in [0.3, 0.4) is 0 Å². The summed E-state index contributed by atoms with van der Waals surface area (Å²) < 4.78 is 11.4. The highest BCUT2D eigenvalue weighted by Crippen LogP contribution is 2.20. The van der Waals surface area contributed by atoms with Gasteiger partial charge in [-0.3, -0.25) is 9.69 Å². The molecule has 31 heavy (non-hydrogen) atoms. The highest BCUT2D eigenvalue weighted by atomic mass is 16.5. The molecule has 2 aromatic carbocycles. The Kier molecular flexibility index (Phi) is 7.60. The Morgan fingerprint density at radius 2 is 1.90 bits per heavy atom. The lowest BCUT2D eigenvalue weighted by molar-refractivity contribution is 0.0679. The first-order chi connectivity index (χ1) is 15.2. The molecule has 2 fully saturated rings. The minimum absolute atomic E-state index is 0.0629. The minimum Gasteiger partial charge on any atom is -0.491 e. The van der Waals surface area contributed by atoms with E-state index in [1.165, 1.54) is 24.0 Å². The summed E-state index contributed by atoms with van der Waals surface area (Å²) in [6, 6.07) is 15.8. The number of nitrogens with zero attached hydrogens (tertiary/aromatic N) is 1. The number of hydrogen-bond donors (Lipinski definition) is 1. The fourth-order valence-corrected chi connectivity index (χ4v) is 4.50. The van der Waals surface area contributed by atoms with Crippen LogP contribution in [0.4, 0.5) is 0 Å². The third-order valence-electron chi connectivity index (χ3n) is 6.27. The summed E-state index contributed by atoms with van der Waals surface area (Å²) in [4.78, 5) is 15.2. The second-order valence-electron chi connectivity index (χ2n) is 8.90. The summed E-state index contributed by atoms with van der Waals surface area (Å²) in [7, 11) is 0. The SMILES string of the molecule is CC1CCCN(Cc2ccccc2CNC(=O)c2ccc(OCC3CCCO3)cc2)C1. The van der Waals surface area contributed by atoms with Crippen molar-refractivity contribution in [3.8, 4) is 5.75 Å². The first-order valence-corrected chi connectivity index (χ1v) is 11.6. The van der Waals surface area contributed by atoms with Crippen LogP contribution in [0.15, 0.2) is 48.5 Å². The van der Waals surface area contributed by atoms with Crippen molar-refractivity contribution in [2.45, 2.75) is 51.8 Å². The molecule has 2 aliphatic rings. The molecule has 0 saturated carbocycles. The maximum Gasteiger partial charge on any atom is 0.251 e. The molecule has 4 rings (SSSR count). The van der Waals surface area contributed by atoms with Gasteiger partial charge in [-0.05, 0) is 73.5 Å². The van der Waals surface area contributed by atoms with Gasteiger partial charge in [-0.2, -0.15) is 0 Å². The van der Waals surface area contributed by atoms with Gasteiger partial charge in [-0.1, -0.05) is 31.2 Å². The van der Waals surface area contributed by atoms with E-state index in [9.17, 15) is 4.79 Å². The molecule has 5 nitrogen and oxygen atoms in total. The molecule has 1 amide bonds. The molecule has 2 aliphatic heterocycles. The number of nitrogens with one attached hydrogen (secondary N) is 1. The average Bonchev–Trinajstić information content (AvgIpc) is 3.31. The van der Waals surface area contributed by atoms with Gasteiger partial charge < -0.3 is 14.8 Å². The van der Waals surface area contributed by atoms with Gasteiger partial charge in [0.05, 0.1) is 6.10 Å². The third-order valence-corrected chi connectivity index (χ3v) is 6.27. The van der Waals surface area contributed by atoms with Crippen LogP contribution < -0.4 is 10.1 Å². The molecule has 0 aromatic heterocycles. The second kappa shape index (κ2) is 10.8. The zero-order valence-corrected chi connectivity index (χ0v) is 18.5. The number of carbonyl (C=O) groups is 1. The van der Waals surface area contributed by atoms with Crippen LogP contribution in [0.2, 0.25) is 0 Å². The molecule has 0 bridgehead atoms. The van der Waals surface area contributed by atoms with Crippen molar-refractivity contribution in [1.29, 1.82) is 0 Å². The second-order valence-corrected chi connectivity index (χ2v) is 8.90. The zero-order valence-electron chi connectivity index (χ0n) is 18.5. The van der Waals surface area contributed by atoms with E-state index >= 15 is 0 Å². The van der Waals surface area contributed by atoms with Crippen molar-refractivity contribution < 1.29 is 14.3 Å². The van der Waals surface area contributed by atoms with E-state index in [4.69, 9.17) is 9.47 Å². The van der Waals surface area contributed by atoms with Crippen LogP contribution in [0.5, 0.6) is 5.75 Å². The van der Waals surface area contributed by atoms with Gasteiger partial charge in [0.2, 0.25) is 0 Å². The standard InChI is InChI=1S/C26H34N2O3/c1-20-6-4-14-28(17-20)18-23-8-3-2-7-22(23)16-27-26(29)21-10-12-24(13-11-21)31-19-25-9-5-15-30-25/h2-3,7-8,10-13,20,25H,4-6,9,14-19H2,1H3,(H,27,29). The quantitative estimate of drug-likeness (QED) is 0.685. The lowest BCUT2D eigenvalue weighted by atomic mass is 9.99. The molecule has 2 heterocycles. The average molecular weight is 423 g/mol. The molecule has 0 radical (unpaired) electrons. The van der Waals surface area contributed by atoms with E-state index < -0.39 is 0 Å². The minimum atomic E-state index is -0.0629. The largest absolute Gasteiger partial charge is 0.491 e. The van der Waals surface area contributed by atoms with Crippen molar-refractivity contribution in [3.05, 3.63) is 65.2 Å². The van der Waals surface area contributed by atoms with Gasteiger partial charge in [0, 0.05) is 31.8 Å². The summed E-state index contributed by atoms with van der Waals surface area (Å²) in [5.74, 6) is 1.47. The van der Waals surface area contributed by atoms with Gasteiger partial charge in [0.15, 0.2) is 0 Å². The van der Waals surface area contributed by atoms with Gasteiger partial charge >= 0.3 is 0 Å². The number of hydrogen-bond acceptors (Lipinski definition) is 4. The van der Waals surface area contributed by atoms with Crippen LogP contribution >= 0.6 is 0 Å². The Morgan fingerprint density at radius 3 is 2.65 bits per heavy atom. The number of piperidine rings is 1. The predicted octanol–water partition coefficient (Wildman–Crippen LogP) is 4.41. The lowest BCUT2D eigenvalue weighted by Gasteiger charge is -2.31. The summed E-state index contributed by atoms with van der Waals surface area (Å²) in [5, 5.41) is 3.08. The van der Waals surface area contributed by atoms with Gasteiger partial charge in [-0.15, -0.1) is 0 Å².